The summed E-state index contributed by atoms with van der Waals surface area (Å²) in [5, 5.41) is 21.1. The summed E-state index contributed by atoms with van der Waals surface area (Å²) in [6, 6.07) is 16.0. The minimum Gasteiger partial charge on any atom is -0.508 e. The molecule has 2 heterocycles. The zero-order valence-electron chi connectivity index (χ0n) is 28.6. The molecule has 4 aliphatic rings. The van der Waals surface area contributed by atoms with Gasteiger partial charge in [0.2, 0.25) is 11.8 Å². The van der Waals surface area contributed by atoms with Crippen molar-refractivity contribution >= 4 is 70.1 Å². The predicted octanol–water partition coefficient (Wildman–Crippen LogP) is 6.99. The topological polar surface area (TPSA) is 154 Å². The average molecular weight is 781 g/mol. The molecular formula is C39H36Cl3N3O8. The highest BCUT2D eigenvalue weighted by atomic mass is 35.5. The number of amides is 4. The number of hydrazine groups is 1. The summed E-state index contributed by atoms with van der Waals surface area (Å²) in [4.78, 5) is 70.5. The van der Waals surface area contributed by atoms with Gasteiger partial charge in [-0.05, 0) is 85.2 Å². The number of fused-ring (bicyclic) bond motifs is 4. The number of anilines is 1. The van der Waals surface area contributed by atoms with Gasteiger partial charge in [-0.3, -0.25) is 34.3 Å². The Bertz CT molecular complexity index is 2060. The van der Waals surface area contributed by atoms with Gasteiger partial charge in [0.15, 0.2) is 0 Å². The number of benzene rings is 3. The first kappa shape index (κ1) is 36.8. The monoisotopic (exact) mass is 779 g/mol. The molecule has 14 heteroatoms. The number of hydrogen-bond donors (Lipinski definition) is 3. The number of nitrogens with zero attached hydrogens (tertiary/aromatic N) is 2. The second-order valence-corrected chi connectivity index (χ2v) is 15.2. The number of hydrogen-bond acceptors (Lipinski definition) is 8. The molecule has 0 radical (unpaired) electrons. The molecule has 1 saturated carbocycles. The Morgan fingerprint density at radius 2 is 1.66 bits per heavy atom. The number of nitrogens with one attached hydrogen (secondary N) is 1. The Kier molecular flexibility index (Phi) is 9.95. The van der Waals surface area contributed by atoms with Crippen LogP contribution >= 0.6 is 34.8 Å². The standard InChI is InChI=1S/C39H36Cl3N3O8/c1-53-23-10-6-20(7-11-23)39-28(36(50)45(38(39)52)43-31-15-8-21(40)17-30(31)42)19-27-24(34(39)25-12-9-22(46)18-29(25)41)13-14-26-33(27)37(51)44(35(26)49)16-4-2-3-5-32(47)48/h6-13,15,17-18,26-28,33-34,43,46H,2-5,14,16,19H2,1H3,(H,47,48)/t26-,27+,28-,33-,34+,39+/m0/s1. The normalized spacial score (nSPS) is 26.3. The molecule has 3 N–H and O–H groups in total. The fourth-order valence-electron chi connectivity index (χ4n) is 8.95. The van der Waals surface area contributed by atoms with E-state index in [0.717, 1.165) is 5.01 Å². The van der Waals surface area contributed by atoms with Crippen LogP contribution in [0.15, 0.2) is 72.3 Å². The van der Waals surface area contributed by atoms with E-state index < -0.39 is 52.8 Å². The highest BCUT2D eigenvalue weighted by Crippen LogP contribution is 2.65. The molecule has 3 fully saturated rings. The van der Waals surface area contributed by atoms with Crippen molar-refractivity contribution in [3.8, 4) is 11.5 Å². The number of rotatable bonds is 11. The summed E-state index contributed by atoms with van der Waals surface area (Å²) < 4.78 is 5.44. The van der Waals surface area contributed by atoms with E-state index in [1.807, 2.05) is 6.08 Å². The maximum absolute atomic E-state index is 15.3. The number of aromatic hydroxyl groups is 1. The molecule has 2 aliphatic carbocycles. The predicted molar refractivity (Wildman–Crippen MR) is 197 cm³/mol. The minimum atomic E-state index is -1.60. The molecule has 0 aromatic heterocycles. The van der Waals surface area contributed by atoms with Crippen LogP contribution in [0.25, 0.3) is 0 Å². The van der Waals surface area contributed by atoms with Crippen LogP contribution in [0.4, 0.5) is 5.69 Å². The number of carbonyl (C=O) groups is 5. The molecular weight excluding hydrogens is 745 g/mol. The molecule has 11 nitrogen and oxygen atoms in total. The first-order valence-corrected chi connectivity index (χ1v) is 18.5. The fraction of sp³-hybridized carbons (Fsp3) is 0.359. The number of carboxylic acids is 1. The van der Waals surface area contributed by atoms with Crippen LogP contribution < -0.4 is 10.2 Å². The number of allylic oxidation sites excluding steroid dienone is 2. The molecule has 0 unspecified atom stereocenters. The van der Waals surface area contributed by atoms with Gasteiger partial charge in [0.05, 0.1) is 41.0 Å². The lowest BCUT2D eigenvalue weighted by molar-refractivity contribution is -0.141. The fourth-order valence-corrected chi connectivity index (χ4v) is 9.68. The van der Waals surface area contributed by atoms with E-state index in [9.17, 15) is 24.3 Å². The smallest absolute Gasteiger partial charge is 0.303 e. The summed E-state index contributed by atoms with van der Waals surface area (Å²) >= 11 is 19.6. The summed E-state index contributed by atoms with van der Waals surface area (Å²) in [5.41, 5.74) is 3.33. The van der Waals surface area contributed by atoms with Gasteiger partial charge in [-0.2, -0.15) is 5.01 Å². The second-order valence-electron chi connectivity index (χ2n) is 14.0. The number of halogens is 3. The molecule has 6 atom stereocenters. The van der Waals surface area contributed by atoms with Crippen LogP contribution in [0.2, 0.25) is 15.1 Å². The zero-order chi connectivity index (χ0) is 37.8. The van der Waals surface area contributed by atoms with Crippen LogP contribution in [-0.4, -0.2) is 63.4 Å². The minimum absolute atomic E-state index is 0.00386. The highest BCUT2D eigenvalue weighted by Gasteiger charge is 2.70. The van der Waals surface area contributed by atoms with E-state index in [2.05, 4.69) is 5.43 Å². The Labute approximate surface area is 320 Å². The van der Waals surface area contributed by atoms with Crippen LogP contribution in [0.5, 0.6) is 11.5 Å². The van der Waals surface area contributed by atoms with Gasteiger partial charge >= 0.3 is 5.97 Å². The average Bonchev–Trinajstić information content (AvgIpc) is 3.50. The van der Waals surface area contributed by atoms with Crippen molar-refractivity contribution in [2.75, 3.05) is 19.1 Å². The maximum atomic E-state index is 15.3. The van der Waals surface area contributed by atoms with Crippen molar-refractivity contribution < 1.29 is 38.9 Å². The van der Waals surface area contributed by atoms with Gasteiger partial charge in [0, 0.05) is 28.9 Å². The van der Waals surface area contributed by atoms with Gasteiger partial charge in [0.1, 0.15) is 11.5 Å². The quantitative estimate of drug-likeness (QED) is 0.106. The maximum Gasteiger partial charge on any atom is 0.303 e. The van der Waals surface area contributed by atoms with E-state index in [1.54, 1.807) is 42.5 Å². The molecule has 0 spiro atoms. The molecule has 2 saturated heterocycles. The van der Waals surface area contributed by atoms with E-state index in [4.69, 9.17) is 44.6 Å². The first-order valence-electron chi connectivity index (χ1n) is 17.4. The number of unbranched alkanes of at least 4 members (excludes halogenated alkanes) is 2. The summed E-state index contributed by atoms with van der Waals surface area (Å²) in [6.07, 6.45) is 3.67. The molecule has 53 heavy (non-hydrogen) atoms. The van der Waals surface area contributed by atoms with Crippen LogP contribution in [0.3, 0.4) is 0 Å². The molecule has 276 valence electrons. The number of aliphatic carboxylic acids is 1. The molecule has 3 aromatic carbocycles. The van der Waals surface area contributed by atoms with Crippen LogP contribution in [0, 0.1) is 23.7 Å². The summed E-state index contributed by atoms with van der Waals surface area (Å²) in [7, 11) is 1.52. The third kappa shape index (κ3) is 6.12. The van der Waals surface area contributed by atoms with Gasteiger partial charge < -0.3 is 14.9 Å². The van der Waals surface area contributed by atoms with Crippen molar-refractivity contribution in [3.05, 3.63) is 98.5 Å². The van der Waals surface area contributed by atoms with Crippen LogP contribution in [0.1, 0.15) is 55.6 Å². The number of ether oxygens (including phenoxy) is 1. The largest absolute Gasteiger partial charge is 0.508 e. The van der Waals surface area contributed by atoms with Crippen molar-refractivity contribution in [1.82, 2.24) is 9.91 Å². The van der Waals surface area contributed by atoms with Crippen LogP contribution in [-0.2, 0) is 29.4 Å². The highest BCUT2D eigenvalue weighted by molar-refractivity contribution is 6.36. The van der Waals surface area contributed by atoms with Gasteiger partial charge in [-0.15, -0.1) is 0 Å². The number of likely N-dealkylation sites (tertiary alicyclic amines) is 1. The van der Waals surface area contributed by atoms with Crippen molar-refractivity contribution in [2.45, 2.75) is 49.9 Å². The molecule has 7 rings (SSSR count). The van der Waals surface area contributed by atoms with Crippen molar-refractivity contribution in [1.29, 1.82) is 0 Å². The molecule has 0 bridgehead atoms. The first-order chi connectivity index (χ1) is 25.4. The molecule has 4 amide bonds. The van der Waals surface area contributed by atoms with Crippen molar-refractivity contribution in [3.63, 3.8) is 0 Å². The van der Waals surface area contributed by atoms with Gasteiger partial charge in [-0.25, -0.2) is 0 Å². The number of phenols is 1. The SMILES string of the molecule is COc1ccc([C@@]23C(=O)N(Nc4ccc(Cl)cc4Cl)C(=O)[C@@H]2C[C@@H]2C(=CC[C@@H]4C(=O)N(CCCCCC(=O)O)C(=O)[C@@H]42)[C@@H]3c2ccc(O)cc2Cl)cc1. The third-order valence-corrected chi connectivity index (χ3v) is 12.1. The van der Waals surface area contributed by atoms with E-state index in [-0.39, 0.29) is 59.1 Å². The number of methoxy groups -OCH3 is 1. The van der Waals surface area contributed by atoms with E-state index in [1.165, 1.54) is 30.2 Å². The number of phenolic OH excluding ortho intramolecular Hbond substituents is 1. The van der Waals surface area contributed by atoms with E-state index in [0.29, 0.717) is 46.7 Å². The van der Waals surface area contributed by atoms with Gasteiger partial charge in [0.25, 0.3) is 11.8 Å². The number of carboxylic acid groups (broad SMARTS) is 1. The number of carbonyl (C=O) groups excluding carboxylic acids is 4. The molecule has 3 aromatic rings. The lowest BCUT2D eigenvalue weighted by Crippen LogP contribution is -2.53. The Hall–Kier alpha value is -4.58. The summed E-state index contributed by atoms with van der Waals surface area (Å²) in [5.74, 6) is -6.22. The lowest BCUT2D eigenvalue weighted by Gasteiger charge is -2.50. The Balaban J connectivity index is 1.36. The third-order valence-electron chi connectivity index (χ3n) is 11.2. The zero-order valence-corrected chi connectivity index (χ0v) is 30.8. The second kappa shape index (κ2) is 14.3. The Morgan fingerprint density at radius 3 is 2.34 bits per heavy atom. The molecule has 2 aliphatic heterocycles. The number of imide groups is 2. The lowest BCUT2D eigenvalue weighted by atomic mass is 9.49. The van der Waals surface area contributed by atoms with E-state index >= 15 is 4.79 Å². The van der Waals surface area contributed by atoms with Crippen molar-refractivity contribution in [2.24, 2.45) is 23.7 Å². The Morgan fingerprint density at radius 1 is 0.906 bits per heavy atom. The summed E-state index contributed by atoms with van der Waals surface area (Å²) in [6.45, 7) is 0.162. The van der Waals surface area contributed by atoms with Gasteiger partial charge in [-0.1, -0.05) is 71.1 Å².